The molecule has 43 heavy (non-hydrogen) atoms. The second-order valence-electron chi connectivity index (χ2n) is 13.3. The van der Waals surface area contributed by atoms with Crippen molar-refractivity contribution in [2.75, 3.05) is 26.2 Å². The second-order valence-corrected chi connectivity index (χ2v) is 13.3. The van der Waals surface area contributed by atoms with Gasteiger partial charge in [0.25, 0.3) is 5.91 Å². The lowest BCUT2D eigenvalue weighted by atomic mass is 9.47. The number of hydrogen-bond acceptors (Lipinski definition) is 7. The van der Waals surface area contributed by atoms with Crippen molar-refractivity contribution < 1.29 is 34.5 Å². The maximum absolute atomic E-state index is 13.4. The van der Waals surface area contributed by atoms with Crippen LogP contribution in [0.5, 0.6) is 0 Å². The molecule has 2 amide bonds. The smallest absolute Gasteiger partial charge is 0.414 e. The summed E-state index contributed by atoms with van der Waals surface area (Å²) in [5.41, 5.74) is 0.524. The standard InChI is InChI=1S/C29H41N5O3.C2H2O4/c1-19(2)34-24-6-4-3-5-23(24)25(32-34)26(35)30-9-12-33-10-7-22(8-11-33)31-27(36)28-14-20-13-21(15-28)17-29(37,16-20)18-28;3-1(4)2(5)6/h3-6,19-22,37H,7-18H2,1-2H3,(H,30,35)(H,31,36);(H,3,4)(H,5,6). The van der Waals surface area contributed by atoms with Gasteiger partial charge in [0.15, 0.2) is 5.69 Å². The first-order valence-electron chi connectivity index (χ1n) is 15.4. The highest BCUT2D eigenvalue weighted by molar-refractivity contribution is 6.27. The third-order valence-corrected chi connectivity index (χ3v) is 9.65. The second kappa shape index (κ2) is 12.2. The maximum atomic E-state index is 13.4. The lowest BCUT2D eigenvalue weighted by Gasteiger charge is -2.59. The van der Waals surface area contributed by atoms with Crippen LogP contribution in [0.15, 0.2) is 24.3 Å². The normalized spacial score (nSPS) is 28.4. The Morgan fingerprint density at radius 1 is 1.00 bits per heavy atom. The van der Waals surface area contributed by atoms with E-state index in [4.69, 9.17) is 19.8 Å². The van der Waals surface area contributed by atoms with E-state index in [1.54, 1.807) is 0 Å². The van der Waals surface area contributed by atoms with Crippen molar-refractivity contribution in [1.29, 1.82) is 0 Å². The highest BCUT2D eigenvalue weighted by Gasteiger charge is 2.60. The molecule has 2 aromatic rings. The van der Waals surface area contributed by atoms with Crippen molar-refractivity contribution >= 4 is 34.7 Å². The Morgan fingerprint density at radius 2 is 1.63 bits per heavy atom. The topological polar surface area (TPSA) is 174 Å². The summed E-state index contributed by atoms with van der Waals surface area (Å²) in [4.78, 5) is 46.9. The molecular weight excluding hydrogens is 554 g/mol. The maximum Gasteiger partial charge on any atom is 0.414 e. The molecule has 4 bridgehead atoms. The van der Waals surface area contributed by atoms with Gasteiger partial charge in [0.1, 0.15) is 0 Å². The zero-order valence-corrected chi connectivity index (χ0v) is 24.9. The van der Waals surface area contributed by atoms with E-state index in [9.17, 15) is 14.7 Å². The molecular formula is C31H43N5O7. The lowest BCUT2D eigenvalue weighted by Crippen LogP contribution is -2.61. The summed E-state index contributed by atoms with van der Waals surface area (Å²) < 4.78 is 1.91. The summed E-state index contributed by atoms with van der Waals surface area (Å²) >= 11 is 0. The number of piperidine rings is 1. The van der Waals surface area contributed by atoms with Gasteiger partial charge in [-0.1, -0.05) is 18.2 Å². The Kier molecular flexibility index (Phi) is 8.80. The molecule has 1 aromatic carbocycles. The third kappa shape index (κ3) is 6.70. The van der Waals surface area contributed by atoms with Crippen LogP contribution < -0.4 is 10.6 Å². The van der Waals surface area contributed by atoms with Crippen molar-refractivity contribution in [3.63, 3.8) is 0 Å². The quantitative estimate of drug-likeness (QED) is 0.300. The molecule has 0 spiro atoms. The molecule has 2 atom stereocenters. The molecule has 0 radical (unpaired) electrons. The molecule has 234 valence electrons. The van der Waals surface area contributed by atoms with Crippen molar-refractivity contribution in [3.05, 3.63) is 30.0 Å². The summed E-state index contributed by atoms with van der Waals surface area (Å²) in [7, 11) is 0. The van der Waals surface area contributed by atoms with Gasteiger partial charge in [-0.2, -0.15) is 5.10 Å². The van der Waals surface area contributed by atoms with Crippen molar-refractivity contribution in [2.24, 2.45) is 17.3 Å². The third-order valence-electron chi connectivity index (χ3n) is 9.65. The summed E-state index contributed by atoms with van der Waals surface area (Å²) in [6.07, 6.45) is 7.41. The van der Waals surface area contributed by atoms with Gasteiger partial charge in [-0.3, -0.25) is 14.3 Å². The number of likely N-dealkylation sites (tertiary alicyclic amines) is 1. The first-order valence-corrected chi connectivity index (χ1v) is 15.4. The van der Waals surface area contributed by atoms with Crippen molar-refractivity contribution in [1.82, 2.24) is 25.3 Å². The number of carbonyl (C=O) groups is 4. The zero-order chi connectivity index (χ0) is 30.9. The van der Waals surface area contributed by atoms with Crippen LogP contribution in [0.4, 0.5) is 0 Å². The van der Waals surface area contributed by atoms with Gasteiger partial charge in [-0.05, 0) is 83.1 Å². The van der Waals surface area contributed by atoms with Gasteiger partial charge in [0, 0.05) is 43.6 Å². The number of carbonyl (C=O) groups excluding carboxylic acids is 2. The number of benzene rings is 1. The van der Waals surface area contributed by atoms with Gasteiger partial charge in [0.05, 0.1) is 16.5 Å². The van der Waals surface area contributed by atoms with Crippen molar-refractivity contribution in [3.8, 4) is 0 Å². The number of nitrogens with one attached hydrogen (secondary N) is 2. The summed E-state index contributed by atoms with van der Waals surface area (Å²) in [6.45, 7) is 7.32. The van der Waals surface area contributed by atoms with E-state index in [0.29, 0.717) is 30.5 Å². The first-order chi connectivity index (χ1) is 20.4. The predicted molar refractivity (Wildman–Crippen MR) is 157 cm³/mol. The highest BCUT2D eigenvalue weighted by atomic mass is 16.4. The van der Waals surface area contributed by atoms with Gasteiger partial charge in [-0.15, -0.1) is 0 Å². The highest BCUT2D eigenvalue weighted by Crippen LogP contribution is 2.61. The Labute approximate surface area is 250 Å². The Bertz CT molecular complexity index is 1350. The molecule has 2 heterocycles. The molecule has 4 aliphatic carbocycles. The van der Waals surface area contributed by atoms with Crippen LogP contribution in [-0.4, -0.2) is 91.6 Å². The number of carboxylic acids is 2. The van der Waals surface area contributed by atoms with Gasteiger partial charge in [0.2, 0.25) is 5.91 Å². The van der Waals surface area contributed by atoms with E-state index in [2.05, 4.69) is 34.5 Å². The summed E-state index contributed by atoms with van der Waals surface area (Å²) in [6, 6.07) is 8.27. The predicted octanol–water partition coefficient (Wildman–Crippen LogP) is 2.41. The number of nitrogens with zero attached hydrogens (tertiary/aromatic N) is 3. The number of fused-ring (bicyclic) bond motifs is 1. The zero-order valence-electron chi connectivity index (χ0n) is 24.9. The van der Waals surface area contributed by atoms with Crippen LogP contribution in [0.3, 0.4) is 0 Å². The number of aliphatic hydroxyl groups is 1. The molecule has 7 rings (SSSR count). The summed E-state index contributed by atoms with van der Waals surface area (Å²) in [5.74, 6) is -2.55. The fraction of sp³-hybridized carbons (Fsp3) is 0.645. The molecule has 5 aliphatic rings. The molecule has 2 unspecified atom stereocenters. The molecule has 5 N–H and O–H groups in total. The number of amides is 2. The van der Waals surface area contributed by atoms with Crippen LogP contribution in [0.2, 0.25) is 0 Å². The first kappa shape index (κ1) is 30.9. The number of aromatic nitrogens is 2. The molecule has 4 saturated carbocycles. The molecule has 5 fully saturated rings. The Hall–Kier alpha value is -3.51. The van der Waals surface area contributed by atoms with Crippen LogP contribution in [0.1, 0.15) is 81.7 Å². The SMILES string of the molecule is CC(C)n1nc(C(=O)NCCN2CCC(NC(=O)C34CC5CC(CC(O)(C5)C3)C4)CC2)c2ccccc21.O=C(O)C(=O)O. The Morgan fingerprint density at radius 3 is 2.21 bits per heavy atom. The fourth-order valence-corrected chi connectivity index (χ4v) is 8.18. The van der Waals surface area contributed by atoms with E-state index in [1.165, 1.54) is 6.42 Å². The van der Waals surface area contributed by atoms with E-state index < -0.39 is 17.5 Å². The van der Waals surface area contributed by atoms with Crippen LogP contribution in [0, 0.1) is 17.3 Å². The monoisotopic (exact) mass is 597 g/mol. The van der Waals surface area contributed by atoms with Gasteiger partial charge in [-0.25, -0.2) is 9.59 Å². The lowest BCUT2D eigenvalue weighted by molar-refractivity contribution is -0.178. The average molecular weight is 598 g/mol. The number of rotatable bonds is 7. The van der Waals surface area contributed by atoms with E-state index in [0.717, 1.165) is 69.1 Å². The average Bonchev–Trinajstić information content (AvgIpc) is 3.33. The van der Waals surface area contributed by atoms with Crippen LogP contribution in [-0.2, 0) is 14.4 Å². The van der Waals surface area contributed by atoms with Gasteiger partial charge >= 0.3 is 11.9 Å². The number of para-hydroxylation sites is 1. The Balaban J connectivity index is 0.000000559. The van der Waals surface area contributed by atoms with Crippen LogP contribution >= 0.6 is 0 Å². The molecule has 1 aliphatic heterocycles. The van der Waals surface area contributed by atoms with Crippen molar-refractivity contribution in [2.45, 2.75) is 82.9 Å². The van der Waals surface area contributed by atoms with E-state index in [1.807, 2.05) is 28.9 Å². The van der Waals surface area contributed by atoms with E-state index >= 15 is 0 Å². The number of hydrogen-bond donors (Lipinski definition) is 5. The minimum absolute atomic E-state index is 0.130. The molecule has 12 nitrogen and oxygen atoms in total. The minimum Gasteiger partial charge on any atom is -0.473 e. The number of carboxylic acid groups (broad SMARTS) is 2. The fourth-order valence-electron chi connectivity index (χ4n) is 8.18. The minimum atomic E-state index is -1.82. The molecule has 1 aromatic heterocycles. The van der Waals surface area contributed by atoms with Gasteiger partial charge < -0.3 is 30.9 Å². The summed E-state index contributed by atoms with van der Waals surface area (Å²) in [5, 5.41) is 37.7. The van der Waals surface area contributed by atoms with Crippen LogP contribution in [0.25, 0.3) is 10.9 Å². The molecule has 1 saturated heterocycles. The molecule has 12 heteroatoms. The van der Waals surface area contributed by atoms with E-state index in [-0.39, 0.29) is 29.3 Å². The largest absolute Gasteiger partial charge is 0.473 e. The number of aliphatic carboxylic acids is 2.